The molecule has 25 heteroatoms. The number of para-hydroxylation sites is 1. The molecule has 0 aliphatic rings. The lowest BCUT2D eigenvalue weighted by atomic mass is 10.00. The van der Waals surface area contributed by atoms with Crippen molar-refractivity contribution in [3.63, 3.8) is 0 Å². The predicted octanol–water partition coefficient (Wildman–Crippen LogP) is -2.72. The fourth-order valence-corrected chi connectivity index (χ4v) is 7.45. The number of nitrogens with zero attached hydrogens (tertiary/aromatic N) is 3. The Labute approximate surface area is 411 Å². The van der Waals surface area contributed by atoms with Gasteiger partial charge in [0.15, 0.2) is 17.9 Å². The number of carbonyl (C=O) groups is 7. The first-order valence-corrected chi connectivity index (χ1v) is 23.2. The van der Waals surface area contributed by atoms with Crippen LogP contribution < -0.4 is 72.0 Å². The molecule has 71 heavy (non-hydrogen) atoms. The molecule has 7 amide bonds. The number of carbonyl (C=O) groups excluding carboxylic acids is 7. The lowest BCUT2D eigenvalue weighted by molar-refractivity contribution is -0.135. The van der Waals surface area contributed by atoms with Gasteiger partial charge in [0.2, 0.25) is 41.4 Å². The van der Waals surface area contributed by atoms with E-state index in [1.54, 1.807) is 18.3 Å². The molecule has 2 aromatic carbocycles. The standard InChI is InChI=1S/C46H71N17O8/c1-25(2)21-36(42(70)59-33(12-7-19-55-45(50)51)40(68)61-35(38(47)66)22-27-14-16-29(65)17-15-27)62-41(69)34(13-8-20-56-46(52)53)60-43(71)37(23-28-24-57-31-10-5-4-9-30(28)31)63-39(67)32(58-26(3)64)11-6-18-54-44(48)49/h4-5,9-10,14-17,24-25,32-37,57,65H,6-8,11-13,18-23H2,1-3H3,(H2,47,66)(H,58,64)(H,59,70)(H,60,71)(H,61,68)(H,62,69)(H,63,67)(H4,48,49,54)(H4,50,51,55)(H4,52,53,56)/t32-,33-,34-,35-,36-,37-/m0/s1. The highest BCUT2D eigenvalue weighted by molar-refractivity contribution is 5.97. The molecule has 1 aromatic heterocycles. The predicted molar refractivity (Wildman–Crippen MR) is 269 cm³/mol. The van der Waals surface area contributed by atoms with E-state index in [-0.39, 0.29) is 101 Å². The summed E-state index contributed by atoms with van der Waals surface area (Å²) in [6.07, 6.45) is 2.45. The molecule has 1 heterocycles. The Balaban J connectivity index is 1.96. The van der Waals surface area contributed by atoms with Crippen LogP contribution in [0.3, 0.4) is 0 Å². The van der Waals surface area contributed by atoms with Crippen LogP contribution in [0.25, 0.3) is 10.9 Å². The van der Waals surface area contributed by atoms with E-state index in [1.807, 2.05) is 38.1 Å². The van der Waals surface area contributed by atoms with Crippen molar-refractivity contribution in [2.75, 3.05) is 19.6 Å². The highest BCUT2D eigenvalue weighted by Crippen LogP contribution is 2.20. The topological polar surface area (TPSA) is 447 Å². The zero-order valence-corrected chi connectivity index (χ0v) is 40.4. The summed E-state index contributed by atoms with van der Waals surface area (Å²) in [7, 11) is 0. The number of aromatic hydroxyl groups is 1. The lowest BCUT2D eigenvalue weighted by Gasteiger charge is -2.28. The Hall–Kier alpha value is -8.12. The number of nitrogens with two attached hydrogens (primary N) is 7. The highest BCUT2D eigenvalue weighted by Gasteiger charge is 2.34. The van der Waals surface area contributed by atoms with Gasteiger partial charge in [-0.1, -0.05) is 44.2 Å². The molecule has 0 unspecified atom stereocenters. The number of aliphatic imine (C=N–C) groups is 3. The molecule has 0 saturated carbocycles. The number of aromatic nitrogens is 1. The molecule has 0 aliphatic heterocycles. The molecule has 6 atom stereocenters. The molecule has 388 valence electrons. The van der Waals surface area contributed by atoms with Gasteiger partial charge < -0.3 is 82.1 Å². The fourth-order valence-electron chi connectivity index (χ4n) is 7.45. The van der Waals surface area contributed by atoms with Crippen molar-refractivity contribution in [1.82, 2.24) is 36.9 Å². The van der Waals surface area contributed by atoms with Gasteiger partial charge in [0.1, 0.15) is 42.0 Å². The van der Waals surface area contributed by atoms with Crippen LogP contribution in [0.1, 0.15) is 76.8 Å². The second kappa shape index (κ2) is 29.0. The van der Waals surface area contributed by atoms with Gasteiger partial charge in [-0.15, -0.1) is 0 Å². The molecule has 3 rings (SSSR count). The van der Waals surface area contributed by atoms with Gasteiger partial charge in [-0.3, -0.25) is 48.5 Å². The maximum atomic E-state index is 14.5. The summed E-state index contributed by atoms with van der Waals surface area (Å²) in [5.74, 6) is -5.84. The van der Waals surface area contributed by atoms with Gasteiger partial charge in [0.05, 0.1) is 0 Å². The third-order valence-electron chi connectivity index (χ3n) is 10.9. The summed E-state index contributed by atoms with van der Waals surface area (Å²) in [4.78, 5) is 111. The minimum absolute atomic E-state index is 0.00348. The summed E-state index contributed by atoms with van der Waals surface area (Å²) in [5, 5.41) is 26.7. The number of hydrogen-bond acceptors (Lipinski definition) is 11. The van der Waals surface area contributed by atoms with Gasteiger partial charge in [-0.05, 0) is 80.2 Å². The van der Waals surface area contributed by atoms with Crippen LogP contribution in [0.5, 0.6) is 5.75 Å². The summed E-state index contributed by atoms with van der Waals surface area (Å²) in [6, 6.07) is 5.80. The van der Waals surface area contributed by atoms with E-state index >= 15 is 0 Å². The largest absolute Gasteiger partial charge is 0.508 e. The van der Waals surface area contributed by atoms with Gasteiger partial charge in [0, 0.05) is 56.5 Å². The zero-order valence-electron chi connectivity index (χ0n) is 40.4. The normalized spacial score (nSPS) is 13.5. The molecule has 0 saturated heterocycles. The van der Waals surface area contributed by atoms with E-state index < -0.39 is 77.6 Å². The van der Waals surface area contributed by atoms with Crippen LogP contribution in [0.4, 0.5) is 0 Å². The number of amides is 7. The number of phenols is 1. The Bertz CT molecular complexity index is 2360. The fraction of sp³-hybridized carbons (Fsp3) is 0.478. The summed E-state index contributed by atoms with van der Waals surface area (Å²) < 4.78 is 0. The zero-order chi connectivity index (χ0) is 52.6. The van der Waals surface area contributed by atoms with Crippen LogP contribution in [0, 0.1) is 5.92 Å². The first-order valence-electron chi connectivity index (χ1n) is 23.2. The molecule has 0 fully saturated rings. The van der Waals surface area contributed by atoms with Gasteiger partial charge in [0.25, 0.3) is 0 Å². The minimum atomic E-state index is -1.33. The quantitative estimate of drug-likeness (QED) is 0.0183. The first kappa shape index (κ1) is 57.2. The Morgan fingerprint density at radius 2 is 0.972 bits per heavy atom. The molecule has 25 nitrogen and oxygen atoms in total. The van der Waals surface area contributed by atoms with Crippen molar-refractivity contribution < 1.29 is 38.7 Å². The van der Waals surface area contributed by atoms with Gasteiger partial charge in [-0.2, -0.15) is 0 Å². The first-order chi connectivity index (χ1) is 33.6. The molecular formula is C46H71N17O8. The maximum absolute atomic E-state index is 14.5. The SMILES string of the molecule is CC(=O)N[C@@H](CCCN=C(N)N)C(=O)N[C@@H](Cc1c[nH]c2ccccc12)C(=O)N[C@@H](CCCN=C(N)N)C(=O)N[C@@H](CC(C)C)C(=O)N[C@@H](CCCN=C(N)N)C(=O)N[C@@H](Cc1ccc(O)cc1)C(N)=O. The highest BCUT2D eigenvalue weighted by atomic mass is 16.3. The molecule has 3 aromatic rings. The van der Waals surface area contributed by atoms with E-state index in [2.05, 4.69) is 51.9 Å². The van der Waals surface area contributed by atoms with E-state index in [0.717, 1.165) is 10.9 Å². The monoisotopic (exact) mass is 990 g/mol. The lowest BCUT2D eigenvalue weighted by Crippen LogP contribution is -2.60. The number of hydrogen-bond donors (Lipinski definition) is 15. The number of primary amides is 1. The van der Waals surface area contributed by atoms with Crippen LogP contribution in [-0.2, 0) is 46.4 Å². The third-order valence-corrected chi connectivity index (χ3v) is 10.9. The molecule has 0 radical (unpaired) electrons. The van der Waals surface area contributed by atoms with Crippen LogP contribution in [0.15, 0.2) is 69.7 Å². The number of nitrogens with one attached hydrogen (secondary N) is 7. The Kier molecular flexibility index (Phi) is 23.4. The van der Waals surface area contributed by atoms with Crippen molar-refractivity contribution in [3.05, 3.63) is 65.9 Å². The van der Waals surface area contributed by atoms with Crippen molar-refractivity contribution in [2.45, 2.75) is 115 Å². The van der Waals surface area contributed by atoms with E-state index in [1.165, 1.54) is 19.1 Å². The number of rotatable bonds is 30. The van der Waals surface area contributed by atoms with Crippen LogP contribution in [0.2, 0.25) is 0 Å². The summed E-state index contributed by atoms with van der Waals surface area (Å²) in [5.41, 5.74) is 40.7. The van der Waals surface area contributed by atoms with Crippen molar-refractivity contribution >= 4 is 70.1 Å². The number of benzene rings is 2. The molecular weight excluding hydrogens is 919 g/mol. The van der Waals surface area contributed by atoms with Crippen molar-refractivity contribution in [2.24, 2.45) is 61.0 Å². The third kappa shape index (κ3) is 21.0. The Morgan fingerprint density at radius 3 is 1.44 bits per heavy atom. The van der Waals surface area contributed by atoms with Crippen LogP contribution in [-0.4, -0.2) is 125 Å². The average molecular weight is 990 g/mol. The number of phenolic OH excluding ortho intramolecular Hbond substituents is 1. The van der Waals surface area contributed by atoms with Crippen LogP contribution >= 0.6 is 0 Å². The minimum Gasteiger partial charge on any atom is -0.508 e. The second-order valence-electron chi connectivity index (χ2n) is 17.4. The summed E-state index contributed by atoms with van der Waals surface area (Å²) in [6.45, 7) is 5.21. The molecule has 22 N–H and O–H groups in total. The second-order valence-corrected chi connectivity index (χ2v) is 17.4. The molecule has 0 bridgehead atoms. The van der Waals surface area contributed by atoms with Gasteiger partial charge >= 0.3 is 0 Å². The number of guanidine groups is 3. The molecule has 0 aliphatic carbocycles. The summed E-state index contributed by atoms with van der Waals surface area (Å²) >= 11 is 0. The number of aromatic amines is 1. The van der Waals surface area contributed by atoms with E-state index in [9.17, 15) is 38.7 Å². The van der Waals surface area contributed by atoms with E-state index in [0.29, 0.717) is 17.5 Å². The van der Waals surface area contributed by atoms with Crippen molar-refractivity contribution in [1.29, 1.82) is 0 Å². The Morgan fingerprint density at radius 1 is 0.549 bits per heavy atom. The average Bonchev–Trinajstić information content (AvgIpc) is 3.70. The number of H-pyrrole nitrogens is 1. The molecule has 0 spiro atoms. The number of fused-ring (bicyclic) bond motifs is 1. The van der Waals surface area contributed by atoms with E-state index in [4.69, 9.17) is 40.1 Å². The van der Waals surface area contributed by atoms with Crippen molar-refractivity contribution in [3.8, 4) is 5.75 Å². The van der Waals surface area contributed by atoms with Gasteiger partial charge in [-0.25, -0.2) is 0 Å². The smallest absolute Gasteiger partial charge is 0.243 e. The maximum Gasteiger partial charge on any atom is 0.243 e.